The van der Waals surface area contributed by atoms with Crippen molar-refractivity contribution in [2.24, 2.45) is 5.10 Å². The number of halogens is 1. The second kappa shape index (κ2) is 8.37. The first-order valence-electron chi connectivity index (χ1n) is 6.82. The third kappa shape index (κ3) is 5.00. The number of thiazole rings is 1. The molecular weight excluding hydrogens is 356 g/mol. The topological polar surface area (TPSA) is 107 Å². The van der Waals surface area contributed by atoms with Crippen LogP contribution in [0.1, 0.15) is 18.2 Å². The molecule has 1 heterocycles. The number of hydrazone groups is 1. The molecule has 0 atom stereocenters. The van der Waals surface area contributed by atoms with Crippen molar-refractivity contribution in [3.05, 3.63) is 50.0 Å². The molecule has 0 bridgehead atoms. The summed E-state index contributed by atoms with van der Waals surface area (Å²) in [6.45, 7) is 2.06. The Bertz CT molecular complexity index is 778. The Morgan fingerprint density at radius 2 is 2.38 bits per heavy atom. The van der Waals surface area contributed by atoms with Gasteiger partial charge in [0.1, 0.15) is 0 Å². The van der Waals surface area contributed by atoms with Crippen LogP contribution in [0.5, 0.6) is 0 Å². The molecule has 24 heavy (non-hydrogen) atoms. The van der Waals surface area contributed by atoms with Crippen LogP contribution in [0, 0.1) is 10.1 Å². The van der Waals surface area contributed by atoms with Crippen molar-refractivity contribution in [3.63, 3.8) is 0 Å². The minimum absolute atomic E-state index is 0.0770. The lowest BCUT2D eigenvalue weighted by Gasteiger charge is -1.99. The van der Waals surface area contributed by atoms with E-state index in [-0.39, 0.29) is 18.1 Å². The van der Waals surface area contributed by atoms with Crippen LogP contribution < -0.4 is 5.43 Å². The minimum Gasteiger partial charge on any atom is -0.466 e. The van der Waals surface area contributed by atoms with E-state index in [9.17, 15) is 14.9 Å². The Labute approximate surface area is 146 Å². The number of anilines is 1. The molecule has 0 aliphatic carbocycles. The number of hydrogen-bond acceptors (Lipinski definition) is 8. The maximum absolute atomic E-state index is 11.4. The van der Waals surface area contributed by atoms with Crippen LogP contribution in [0.2, 0.25) is 5.02 Å². The van der Waals surface area contributed by atoms with Gasteiger partial charge in [0.05, 0.1) is 29.9 Å². The number of benzene rings is 1. The fourth-order valence-electron chi connectivity index (χ4n) is 1.70. The molecule has 0 fully saturated rings. The Morgan fingerprint density at radius 3 is 3.08 bits per heavy atom. The lowest BCUT2D eigenvalue weighted by Crippen LogP contribution is -2.07. The number of rotatable bonds is 7. The summed E-state index contributed by atoms with van der Waals surface area (Å²) in [7, 11) is 0. The van der Waals surface area contributed by atoms with Gasteiger partial charge < -0.3 is 4.74 Å². The second-order valence-electron chi connectivity index (χ2n) is 4.46. The van der Waals surface area contributed by atoms with E-state index in [1.54, 1.807) is 12.3 Å². The highest BCUT2D eigenvalue weighted by atomic mass is 35.5. The molecule has 0 aliphatic heterocycles. The highest BCUT2D eigenvalue weighted by Gasteiger charge is 2.09. The van der Waals surface area contributed by atoms with Crippen molar-refractivity contribution in [1.29, 1.82) is 0 Å². The van der Waals surface area contributed by atoms with E-state index in [0.29, 0.717) is 28.0 Å². The van der Waals surface area contributed by atoms with E-state index in [1.165, 1.54) is 35.8 Å². The zero-order chi connectivity index (χ0) is 17.5. The van der Waals surface area contributed by atoms with Crippen molar-refractivity contribution < 1.29 is 14.5 Å². The highest BCUT2D eigenvalue weighted by molar-refractivity contribution is 7.13. The number of esters is 1. The average molecular weight is 369 g/mol. The van der Waals surface area contributed by atoms with Crippen LogP contribution in [0.15, 0.2) is 28.7 Å². The highest BCUT2D eigenvalue weighted by Crippen LogP contribution is 2.21. The maximum atomic E-state index is 11.4. The van der Waals surface area contributed by atoms with E-state index >= 15 is 0 Å². The lowest BCUT2D eigenvalue weighted by molar-refractivity contribution is -0.384. The maximum Gasteiger partial charge on any atom is 0.311 e. The minimum atomic E-state index is -0.510. The van der Waals surface area contributed by atoms with Crippen LogP contribution in [-0.4, -0.2) is 28.7 Å². The number of carbonyl (C=O) groups excluding carboxylic acids is 1. The monoisotopic (exact) mass is 368 g/mol. The standard InChI is InChI=1S/C14H13ClN4O4S/c1-2-23-13(20)6-10-8-24-14(17-10)18-16-7-9-5-11(19(21)22)3-4-12(9)15/h3-5,7-8H,2,6H2,1H3,(H,17,18). The summed E-state index contributed by atoms with van der Waals surface area (Å²) in [5.74, 6) is -0.346. The number of nitro groups is 1. The molecule has 1 N–H and O–H groups in total. The molecule has 2 rings (SSSR count). The summed E-state index contributed by atoms with van der Waals surface area (Å²) in [4.78, 5) is 25.8. The molecule has 126 valence electrons. The molecule has 2 aromatic rings. The number of nitrogens with one attached hydrogen (secondary N) is 1. The Balaban J connectivity index is 1.99. The van der Waals surface area contributed by atoms with Gasteiger partial charge in [0.15, 0.2) is 0 Å². The van der Waals surface area contributed by atoms with Crippen molar-refractivity contribution >= 4 is 45.9 Å². The number of ether oxygens (including phenoxy) is 1. The Morgan fingerprint density at radius 1 is 1.58 bits per heavy atom. The fourth-order valence-corrected chi connectivity index (χ4v) is 2.53. The SMILES string of the molecule is CCOC(=O)Cc1csc(NN=Cc2cc([N+](=O)[O-])ccc2Cl)n1. The van der Waals surface area contributed by atoms with Gasteiger partial charge in [-0.25, -0.2) is 4.98 Å². The predicted molar refractivity (Wildman–Crippen MR) is 91.8 cm³/mol. The van der Waals surface area contributed by atoms with Crippen molar-refractivity contribution in [3.8, 4) is 0 Å². The molecule has 1 aromatic heterocycles. The van der Waals surface area contributed by atoms with E-state index in [0.717, 1.165) is 0 Å². The van der Waals surface area contributed by atoms with Crippen molar-refractivity contribution in [2.45, 2.75) is 13.3 Å². The summed E-state index contributed by atoms with van der Waals surface area (Å²) in [5.41, 5.74) is 3.59. The first-order valence-corrected chi connectivity index (χ1v) is 8.08. The summed E-state index contributed by atoms with van der Waals surface area (Å²) in [5, 5.41) is 17.2. The Kier molecular flexibility index (Phi) is 6.21. The van der Waals surface area contributed by atoms with Crippen LogP contribution in [0.3, 0.4) is 0 Å². The third-order valence-electron chi connectivity index (χ3n) is 2.74. The first kappa shape index (κ1) is 17.8. The molecule has 0 saturated carbocycles. The van der Waals surface area contributed by atoms with Crippen LogP contribution >= 0.6 is 22.9 Å². The molecule has 0 aliphatic rings. The normalized spacial score (nSPS) is 10.8. The first-order chi connectivity index (χ1) is 11.5. The van der Waals surface area contributed by atoms with Gasteiger partial charge in [-0.15, -0.1) is 11.3 Å². The number of nitrogens with zero attached hydrogens (tertiary/aromatic N) is 3. The number of carbonyl (C=O) groups is 1. The van der Waals surface area contributed by atoms with Gasteiger partial charge in [-0.05, 0) is 13.0 Å². The van der Waals surface area contributed by atoms with Crippen molar-refractivity contribution in [2.75, 3.05) is 12.0 Å². The van der Waals surface area contributed by atoms with Gasteiger partial charge in [-0.3, -0.25) is 20.3 Å². The number of nitro benzene ring substituents is 1. The Hall–Kier alpha value is -2.52. The van der Waals surface area contributed by atoms with E-state index in [4.69, 9.17) is 16.3 Å². The molecule has 0 spiro atoms. The predicted octanol–water partition coefficient (Wildman–Crippen LogP) is 3.26. The van der Waals surface area contributed by atoms with E-state index < -0.39 is 4.92 Å². The number of aromatic nitrogens is 1. The largest absolute Gasteiger partial charge is 0.466 e. The van der Waals surface area contributed by atoms with Gasteiger partial charge >= 0.3 is 5.97 Å². The summed E-state index contributed by atoms with van der Waals surface area (Å²) >= 11 is 7.24. The zero-order valence-electron chi connectivity index (χ0n) is 12.6. The fraction of sp³-hybridized carbons (Fsp3) is 0.214. The molecule has 8 nitrogen and oxygen atoms in total. The van der Waals surface area contributed by atoms with Gasteiger partial charge in [-0.2, -0.15) is 5.10 Å². The second-order valence-corrected chi connectivity index (χ2v) is 5.72. The summed E-state index contributed by atoms with van der Waals surface area (Å²) in [6, 6.07) is 4.07. The lowest BCUT2D eigenvalue weighted by atomic mass is 10.2. The van der Waals surface area contributed by atoms with E-state index in [1.807, 2.05) is 0 Å². The molecule has 10 heteroatoms. The molecular formula is C14H13ClN4O4S. The smallest absolute Gasteiger partial charge is 0.311 e. The zero-order valence-corrected chi connectivity index (χ0v) is 14.1. The van der Waals surface area contributed by atoms with Gasteiger partial charge in [0, 0.05) is 28.1 Å². The average Bonchev–Trinajstić information content (AvgIpc) is 2.96. The van der Waals surface area contributed by atoms with Crippen LogP contribution in [0.25, 0.3) is 0 Å². The number of hydrogen-bond donors (Lipinski definition) is 1. The molecule has 0 unspecified atom stereocenters. The molecule has 1 aromatic carbocycles. The van der Waals surface area contributed by atoms with Gasteiger partial charge in [0.2, 0.25) is 5.13 Å². The number of non-ortho nitro benzene ring substituents is 1. The third-order valence-corrected chi connectivity index (χ3v) is 3.88. The van der Waals surface area contributed by atoms with E-state index in [2.05, 4.69) is 15.5 Å². The quantitative estimate of drug-likeness (QED) is 0.348. The van der Waals surface area contributed by atoms with Crippen LogP contribution in [-0.2, 0) is 16.0 Å². The van der Waals surface area contributed by atoms with Gasteiger partial charge in [-0.1, -0.05) is 11.6 Å². The molecule has 0 saturated heterocycles. The summed E-state index contributed by atoms with van der Waals surface area (Å²) in [6.07, 6.45) is 1.45. The van der Waals surface area contributed by atoms with Gasteiger partial charge in [0.25, 0.3) is 5.69 Å². The molecule has 0 radical (unpaired) electrons. The molecule has 0 amide bonds. The summed E-state index contributed by atoms with van der Waals surface area (Å²) < 4.78 is 4.84. The van der Waals surface area contributed by atoms with Crippen LogP contribution in [0.4, 0.5) is 10.8 Å². The van der Waals surface area contributed by atoms with Crippen molar-refractivity contribution in [1.82, 2.24) is 4.98 Å².